The Morgan fingerprint density at radius 1 is 1.15 bits per heavy atom. The summed E-state index contributed by atoms with van der Waals surface area (Å²) in [5.41, 5.74) is 2.83. The number of halogens is 1. The van der Waals surface area contributed by atoms with Crippen LogP contribution in [0.25, 0.3) is 0 Å². The quantitative estimate of drug-likeness (QED) is 0.759. The van der Waals surface area contributed by atoms with E-state index in [4.69, 9.17) is 16.3 Å². The van der Waals surface area contributed by atoms with E-state index in [-0.39, 0.29) is 12.4 Å². The van der Waals surface area contributed by atoms with Crippen molar-refractivity contribution in [3.63, 3.8) is 0 Å². The molecule has 0 aliphatic rings. The number of Topliss-reactive ketones (excluding diaryl/α,β-unsaturated/α-hetero) is 1. The Balaban J connectivity index is 1.98. The number of aryl methyl sites for hydroxylation is 2. The summed E-state index contributed by atoms with van der Waals surface area (Å²) in [5, 5.41) is 0.693. The molecule has 0 heterocycles. The van der Waals surface area contributed by atoms with E-state index in [2.05, 4.69) is 6.92 Å². The molecule has 0 bridgehead atoms. The summed E-state index contributed by atoms with van der Waals surface area (Å²) < 4.78 is 5.51. The molecule has 0 saturated heterocycles. The van der Waals surface area contributed by atoms with Gasteiger partial charge in [-0.2, -0.15) is 0 Å². The average Bonchev–Trinajstić information content (AvgIpc) is 2.48. The van der Waals surface area contributed by atoms with Gasteiger partial charge in [0.15, 0.2) is 12.4 Å². The number of rotatable bonds is 5. The Hall–Kier alpha value is -1.80. The fourth-order valence-electron chi connectivity index (χ4n) is 1.87. The minimum Gasteiger partial charge on any atom is -0.485 e. The van der Waals surface area contributed by atoms with Crippen LogP contribution in [0.2, 0.25) is 5.02 Å². The summed E-state index contributed by atoms with van der Waals surface area (Å²) in [6.45, 7) is 4.02. The van der Waals surface area contributed by atoms with Crippen LogP contribution in [-0.2, 0) is 6.42 Å². The van der Waals surface area contributed by atoms with Crippen LogP contribution < -0.4 is 4.74 Å². The second-order valence-electron chi connectivity index (χ2n) is 4.67. The largest absolute Gasteiger partial charge is 0.485 e. The fourth-order valence-corrected chi connectivity index (χ4v) is 1.98. The molecule has 0 atom stereocenters. The lowest BCUT2D eigenvalue weighted by Crippen LogP contribution is -2.11. The Kier molecular flexibility index (Phi) is 4.80. The molecule has 104 valence electrons. The molecule has 0 saturated carbocycles. The summed E-state index contributed by atoms with van der Waals surface area (Å²) in [4.78, 5) is 12.0. The summed E-state index contributed by atoms with van der Waals surface area (Å²) in [6.07, 6.45) is 0.967. The van der Waals surface area contributed by atoms with E-state index in [9.17, 15) is 4.79 Å². The SMILES string of the molecule is CCc1ccc(C(=O)COc2ccc(Cl)c(C)c2)cc1. The first-order valence-electron chi connectivity index (χ1n) is 6.61. The van der Waals surface area contributed by atoms with Crippen LogP contribution in [0, 0.1) is 6.92 Å². The maximum absolute atomic E-state index is 12.0. The first-order valence-corrected chi connectivity index (χ1v) is 6.99. The third-order valence-corrected chi connectivity index (χ3v) is 3.61. The Bertz CT molecular complexity index is 603. The van der Waals surface area contributed by atoms with Gasteiger partial charge in [0.1, 0.15) is 5.75 Å². The van der Waals surface area contributed by atoms with E-state index >= 15 is 0 Å². The zero-order valence-corrected chi connectivity index (χ0v) is 12.4. The molecule has 2 aromatic rings. The van der Waals surface area contributed by atoms with Crippen LogP contribution in [0.15, 0.2) is 42.5 Å². The molecule has 3 heteroatoms. The lowest BCUT2D eigenvalue weighted by molar-refractivity contribution is 0.0921. The van der Waals surface area contributed by atoms with Gasteiger partial charge in [-0.15, -0.1) is 0 Å². The van der Waals surface area contributed by atoms with Crippen molar-refractivity contribution in [2.24, 2.45) is 0 Å². The standard InChI is InChI=1S/C17H17ClO2/c1-3-13-4-6-14(7-5-13)17(19)11-20-15-8-9-16(18)12(2)10-15/h4-10H,3,11H2,1-2H3. The van der Waals surface area contributed by atoms with Crippen molar-refractivity contribution >= 4 is 17.4 Å². The first-order chi connectivity index (χ1) is 9.60. The van der Waals surface area contributed by atoms with Crippen molar-refractivity contribution in [1.82, 2.24) is 0 Å². The second kappa shape index (κ2) is 6.58. The van der Waals surface area contributed by atoms with E-state index in [0.717, 1.165) is 12.0 Å². The van der Waals surface area contributed by atoms with Crippen molar-refractivity contribution in [3.05, 3.63) is 64.2 Å². The fraction of sp³-hybridized carbons (Fsp3) is 0.235. The van der Waals surface area contributed by atoms with Gasteiger partial charge in [0, 0.05) is 10.6 Å². The molecule has 2 aromatic carbocycles. The highest BCUT2D eigenvalue weighted by molar-refractivity contribution is 6.31. The van der Waals surface area contributed by atoms with Gasteiger partial charge in [-0.3, -0.25) is 4.79 Å². The van der Waals surface area contributed by atoms with Gasteiger partial charge in [-0.05, 0) is 42.7 Å². The van der Waals surface area contributed by atoms with E-state index < -0.39 is 0 Å². The predicted molar refractivity (Wildman–Crippen MR) is 81.8 cm³/mol. The van der Waals surface area contributed by atoms with Crippen LogP contribution in [0.1, 0.15) is 28.4 Å². The highest BCUT2D eigenvalue weighted by Gasteiger charge is 2.07. The lowest BCUT2D eigenvalue weighted by Gasteiger charge is -2.07. The van der Waals surface area contributed by atoms with Crippen molar-refractivity contribution < 1.29 is 9.53 Å². The molecule has 0 unspecified atom stereocenters. The average molecular weight is 289 g/mol. The molecule has 0 aliphatic carbocycles. The first kappa shape index (κ1) is 14.6. The molecule has 0 radical (unpaired) electrons. The smallest absolute Gasteiger partial charge is 0.200 e. The zero-order valence-electron chi connectivity index (χ0n) is 11.7. The van der Waals surface area contributed by atoms with E-state index in [1.165, 1.54) is 5.56 Å². The summed E-state index contributed by atoms with van der Waals surface area (Å²) >= 11 is 5.95. The van der Waals surface area contributed by atoms with E-state index in [1.807, 2.05) is 37.3 Å². The molecule has 0 aromatic heterocycles. The normalized spacial score (nSPS) is 10.3. The number of hydrogen-bond donors (Lipinski definition) is 0. The van der Waals surface area contributed by atoms with Gasteiger partial charge in [-0.25, -0.2) is 0 Å². The van der Waals surface area contributed by atoms with Crippen molar-refractivity contribution in [1.29, 1.82) is 0 Å². The van der Waals surface area contributed by atoms with Crippen LogP contribution in [0.4, 0.5) is 0 Å². The molecule has 0 aliphatic heterocycles. The number of ketones is 1. The van der Waals surface area contributed by atoms with E-state index in [0.29, 0.717) is 16.3 Å². The van der Waals surface area contributed by atoms with Gasteiger partial charge in [0.2, 0.25) is 0 Å². The van der Waals surface area contributed by atoms with Gasteiger partial charge in [0.25, 0.3) is 0 Å². The van der Waals surface area contributed by atoms with Crippen molar-refractivity contribution in [2.75, 3.05) is 6.61 Å². The van der Waals surface area contributed by atoms with Crippen molar-refractivity contribution in [2.45, 2.75) is 20.3 Å². The topological polar surface area (TPSA) is 26.3 Å². The lowest BCUT2D eigenvalue weighted by atomic mass is 10.1. The molecule has 2 nitrogen and oxygen atoms in total. The van der Waals surface area contributed by atoms with Crippen LogP contribution in [0.5, 0.6) is 5.75 Å². The number of ether oxygens (including phenoxy) is 1. The van der Waals surface area contributed by atoms with E-state index in [1.54, 1.807) is 12.1 Å². The minimum atomic E-state index is -0.0275. The highest BCUT2D eigenvalue weighted by Crippen LogP contribution is 2.21. The summed E-state index contributed by atoms with van der Waals surface area (Å²) in [6, 6.07) is 13.0. The van der Waals surface area contributed by atoms with Gasteiger partial charge >= 0.3 is 0 Å². The van der Waals surface area contributed by atoms with Gasteiger partial charge < -0.3 is 4.74 Å². The van der Waals surface area contributed by atoms with Gasteiger partial charge in [0.05, 0.1) is 0 Å². The highest BCUT2D eigenvalue weighted by atomic mass is 35.5. The molecule has 2 rings (SSSR count). The maximum atomic E-state index is 12.0. The molecule has 0 amide bonds. The minimum absolute atomic E-state index is 0.0275. The maximum Gasteiger partial charge on any atom is 0.200 e. The zero-order chi connectivity index (χ0) is 14.5. The Labute approximate surface area is 124 Å². The molecule has 0 fully saturated rings. The van der Waals surface area contributed by atoms with Crippen LogP contribution in [0.3, 0.4) is 0 Å². The molecule has 0 spiro atoms. The number of carbonyl (C=O) groups excluding carboxylic acids is 1. The Morgan fingerprint density at radius 2 is 1.85 bits per heavy atom. The number of benzene rings is 2. The molecule has 20 heavy (non-hydrogen) atoms. The number of carbonyl (C=O) groups is 1. The molecular weight excluding hydrogens is 272 g/mol. The van der Waals surface area contributed by atoms with Crippen molar-refractivity contribution in [3.8, 4) is 5.75 Å². The van der Waals surface area contributed by atoms with Gasteiger partial charge in [-0.1, -0.05) is 42.8 Å². The third kappa shape index (κ3) is 3.61. The Morgan fingerprint density at radius 3 is 2.45 bits per heavy atom. The number of hydrogen-bond acceptors (Lipinski definition) is 2. The van der Waals surface area contributed by atoms with Crippen LogP contribution >= 0.6 is 11.6 Å². The summed E-state index contributed by atoms with van der Waals surface area (Å²) in [5.74, 6) is 0.630. The predicted octanol–water partition coefficient (Wildman–Crippen LogP) is 4.47. The van der Waals surface area contributed by atoms with Crippen LogP contribution in [-0.4, -0.2) is 12.4 Å². The monoisotopic (exact) mass is 288 g/mol. The molecular formula is C17H17ClO2. The molecule has 0 N–H and O–H groups in total. The second-order valence-corrected chi connectivity index (χ2v) is 5.08. The third-order valence-electron chi connectivity index (χ3n) is 3.18. The summed E-state index contributed by atoms with van der Waals surface area (Å²) in [7, 11) is 0.